The predicted octanol–water partition coefficient (Wildman–Crippen LogP) is 4.80. The van der Waals surface area contributed by atoms with Crippen LogP contribution in [0.25, 0.3) is 22.3 Å². The molecule has 0 unspecified atom stereocenters. The van der Waals surface area contributed by atoms with Crippen molar-refractivity contribution in [1.29, 1.82) is 0 Å². The number of hydrogen-bond acceptors (Lipinski definition) is 4. The number of benzene rings is 2. The highest BCUT2D eigenvalue weighted by molar-refractivity contribution is 5.79. The molecule has 0 aliphatic carbocycles. The van der Waals surface area contributed by atoms with Gasteiger partial charge in [0.25, 0.3) is 5.56 Å². The van der Waals surface area contributed by atoms with E-state index in [0.29, 0.717) is 34.2 Å². The van der Waals surface area contributed by atoms with Crippen LogP contribution in [0.5, 0.6) is 11.6 Å². The first-order valence-electron chi connectivity index (χ1n) is 8.21. The van der Waals surface area contributed by atoms with E-state index in [4.69, 9.17) is 4.74 Å². The number of aromatic nitrogens is 3. The van der Waals surface area contributed by atoms with Crippen molar-refractivity contribution < 1.29 is 17.9 Å². The lowest BCUT2D eigenvalue weighted by molar-refractivity contribution is -0.137. The molecule has 0 amide bonds. The molecule has 0 atom stereocenters. The molecule has 0 aliphatic heterocycles. The predicted molar refractivity (Wildman–Crippen MR) is 97.1 cm³/mol. The van der Waals surface area contributed by atoms with Gasteiger partial charge in [0, 0.05) is 17.8 Å². The van der Waals surface area contributed by atoms with Crippen LogP contribution in [-0.4, -0.2) is 15.0 Å². The Kier molecular flexibility index (Phi) is 4.31. The Hall–Kier alpha value is -3.68. The number of fused-ring (bicyclic) bond motifs is 1. The molecule has 2 heterocycles. The van der Waals surface area contributed by atoms with E-state index in [1.807, 2.05) is 0 Å². The molecule has 8 heteroatoms. The van der Waals surface area contributed by atoms with Gasteiger partial charge in [-0.25, -0.2) is 9.97 Å². The van der Waals surface area contributed by atoms with Gasteiger partial charge in [0.2, 0.25) is 5.88 Å². The molecule has 0 bridgehead atoms. The molecule has 0 fully saturated rings. The molecule has 0 saturated carbocycles. The molecule has 4 rings (SSSR count). The molecule has 140 valence electrons. The van der Waals surface area contributed by atoms with E-state index >= 15 is 0 Å². The van der Waals surface area contributed by atoms with Gasteiger partial charge in [0.1, 0.15) is 11.6 Å². The molecule has 0 aliphatic rings. The largest absolute Gasteiger partial charge is 0.439 e. The molecule has 0 radical (unpaired) electrons. The Labute approximate surface area is 156 Å². The van der Waals surface area contributed by atoms with E-state index in [-0.39, 0.29) is 11.4 Å². The number of nitrogens with zero attached hydrogens (tertiary/aromatic N) is 2. The van der Waals surface area contributed by atoms with Crippen LogP contribution in [0, 0.1) is 0 Å². The van der Waals surface area contributed by atoms with Gasteiger partial charge in [0.15, 0.2) is 0 Å². The molecule has 1 N–H and O–H groups in total. The molecule has 0 spiro atoms. The summed E-state index contributed by atoms with van der Waals surface area (Å²) in [5.74, 6) is 0.833. The lowest BCUT2D eigenvalue weighted by Gasteiger charge is -2.08. The number of alkyl halides is 3. The van der Waals surface area contributed by atoms with Gasteiger partial charge < -0.3 is 9.72 Å². The fourth-order valence-electron chi connectivity index (χ4n) is 2.63. The van der Waals surface area contributed by atoms with Crippen molar-refractivity contribution in [2.24, 2.45) is 0 Å². The highest BCUT2D eigenvalue weighted by atomic mass is 19.4. The summed E-state index contributed by atoms with van der Waals surface area (Å²) in [6.07, 6.45) is -3.73. The summed E-state index contributed by atoms with van der Waals surface area (Å²) in [6.45, 7) is 0. The summed E-state index contributed by atoms with van der Waals surface area (Å²) >= 11 is 0. The Morgan fingerprint density at radius 2 is 1.68 bits per heavy atom. The minimum Gasteiger partial charge on any atom is -0.439 e. The first-order valence-corrected chi connectivity index (χ1v) is 8.21. The lowest BCUT2D eigenvalue weighted by atomic mass is 10.2. The van der Waals surface area contributed by atoms with E-state index in [1.54, 1.807) is 48.5 Å². The van der Waals surface area contributed by atoms with Crippen LogP contribution in [0.4, 0.5) is 13.2 Å². The van der Waals surface area contributed by atoms with Crippen molar-refractivity contribution in [3.63, 3.8) is 0 Å². The quantitative estimate of drug-likeness (QED) is 0.552. The Bertz CT molecular complexity index is 1180. The van der Waals surface area contributed by atoms with Crippen LogP contribution in [0.2, 0.25) is 0 Å². The summed E-state index contributed by atoms with van der Waals surface area (Å²) in [5.41, 5.74) is 0.155. The van der Waals surface area contributed by atoms with E-state index < -0.39 is 11.7 Å². The molecule has 28 heavy (non-hydrogen) atoms. The summed E-state index contributed by atoms with van der Waals surface area (Å²) in [4.78, 5) is 23.0. The second-order valence-electron chi connectivity index (χ2n) is 5.94. The molecule has 0 saturated heterocycles. The first-order chi connectivity index (χ1) is 13.4. The standard InChI is InChI=1S/C20H12F3N3O2/c21-20(22,23)13-7-10-17(24-11-13)28-14-8-5-12(6-9-14)18-25-16-4-2-1-3-15(16)19(27)26-18/h1-11H,(H,25,26,27). The summed E-state index contributed by atoms with van der Waals surface area (Å²) in [5, 5.41) is 0.500. The third-order valence-electron chi connectivity index (χ3n) is 4.03. The lowest BCUT2D eigenvalue weighted by Crippen LogP contribution is -2.09. The maximum atomic E-state index is 12.6. The second kappa shape index (κ2) is 6.80. The third kappa shape index (κ3) is 3.57. The van der Waals surface area contributed by atoms with Crippen molar-refractivity contribution >= 4 is 10.9 Å². The van der Waals surface area contributed by atoms with Gasteiger partial charge >= 0.3 is 6.18 Å². The van der Waals surface area contributed by atoms with Gasteiger partial charge in [-0.05, 0) is 42.5 Å². The van der Waals surface area contributed by atoms with Crippen LogP contribution in [0.15, 0.2) is 71.7 Å². The fourth-order valence-corrected chi connectivity index (χ4v) is 2.63. The van der Waals surface area contributed by atoms with E-state index in [2.05, 4.69) is 15.0 Å². The average molecular weight is 383 g/mol. The van der Waals surface area contributed by atoms with E-state index in [1.165, 1.54) is 0 Å². The number of ether oxygens (including phenoxy) is 1. The Balaban J connectivity index is 1.57. The number of aromatic amines is 1. The Morgan fingerprint density at radius 1 is 0.929 bits per heavy atom. The van der Waals surface area contributed by atoms with Crippen LogP contribution in [0.1, 0.15) is 5.56 Å². The number of para-hydroxylation sites is 1. The molecular weight excluding hydrogens is 371 g/mol. The van der Waals surface area contributed by atoms with Crippen molar-refractivity contribution in [2.45, 2.75) is 6.18 Å². The van der Waals surface area contributed by atoms with E-state index in [9.17, 15) is 18.0 Å². The highest BCUT2D eigenvalue weighted by Crippen LogP contribution is 2.30. The number of nitrogens with one attached hydrogen (secondary N) is 1. The van der Waals surface area contributed by atoms with Gasteiger partial charge in [-0.3, -0.25) is 4.79 Å². The zero-order valence-electron chi connectivity index (χ0n) is 14.2. The SMILES string of the molecule is O=c1[nH]c(-c2ccc(Oc3ccc(C(F)(F)F)cn3)cc2)nc2ccccc12. The third-order valence-corrected chi connectivity index (χ3v) is 4.03. The van der Waals surface area contributed by atoms with Crippen LogP contribution >= 0.6 is 0 Å². The average Bonchev–Trinajstić information content (AvgIpc) is 2.68. The summed E-state index contributed by atoms with van der Waals surface area (Å²) < 4.78 is 43.2. The number of rotatable bonds is 3. The highest BCUT2D eigenvalue weighted by Gasteiger charge is 2.30. The molecule has 2 aromatic carbocycles. The smallest absolute Gasteiger partial charge is 0.417 e. The summed E-state index contributed by atoms with van der Waals surface area (Å²) in [6, 6.07) is 15.7. The van der Waals surface area contributed by atoms with Crippen LogP contribution < -0.4 is 10.3 Å². The van der Waals surface area contributed by atoms with Crippen LogP contribution in [0.3, 0.4) is 0 Å². The van der Waals surface area contributed by atoms with E-state index in [0.717, 1.165) is 12.1 Å². The number of halogens is 3. The zero-order chi connectivity index (χ0) is 19.7. The second-order valence-corrected chi connectivity index (χ2v) is 5.94. The minimum absolute atomic E-state index is 0.0398. The number of pyridine rings is 1. The molecule has 5 nitrogen and oxygen atoms in total. The van der Waals surface area contributed by atoms with Crippen LogP contribution in [-0.2, 0) is 6.18 Å². The number of H-pyrrole nitrogens is 1. The molecule has 2 aromatic heterocycles. The van der Waals surface area contributed by atoms with Gasteiger partial charge in [-0.1, -0.05) is 12.1 Å². The monoisotopic (exact) mass is 383 g/mol. The van der Waals surface area contributed by atoms with Gasteiger partial charge in [-0.15, -0.1) is 0 Å². The van der Waals surface area contributed by atoms with Gasteiger partial charge in [-0.2, -0.15) is 13.2 Å². The van der Waals surface area contributed by atoms with Crippen molar-refractivity contribution in [3.8, 4) is 23.0 Å². The van der Waals surface area contributed by atoms with Crippen molar-refractivity contribution in [1.82, 2.24) is 15.0 Å². The normalized spacial score (nSPS) is 11.5. The molecular formula is C20H12F3N3O2. The molecule has 4 aromatic rings. The number of hydrogen-bond donors (Lipinski definition) is 1. The maximum absolute atomic E-state index is 12.6. The van der Waals surface area contributed by atoms with Gasteiger partial charge in [0.05, 0.1) is 16.5 Å². The maximum Gasteiger partial charge on any atom is 0.417 e. The summed E-state index contributed by atoms with van der Waals surface area (Å²) in [7, 11) is 0. The first kappa shape index (κ1) is 17.7. The zero-order valence-corrected chi connectivity index (χ0v) is 14.2. The van der Waals surface area contributed by atoms with Crippen molar-refractivity contribution in [2.75, 3.05) is 0 Å². The fraction of sp³-hybridized carbons (Fsp3) is 0.0500. The minimum atomic E-state index is -4.45. The topological polar surface area (TPSA) is 67.9 Å². The van der Waals surface area contributed by atoms with Crippen molar-refractivity contribution in [3.05, 3.63) is 82.8 Å². The Morgan fingerprint density at radius 3 is 2.36 bits per heavy atom.